The van der Waals surface area contributed by atoms with Crippen molar-refractivity contribution < 1.29 is 19.1 Å². The van der Waals surface area contributed by atoms with E-state index in [-0.39, 0.29) is 38.5 Å². The molecule has 0 radical (unpaired) electrons. The molecular formula is C14H11Cl3N2O4. The van der Waals surface area contributed by atoms with Gasteiger partial charge in [0.25, 0.3) is 0 Å². The molecule has 0 unspecified atom stereocenters. The van der Waals surface area contributed by atoms with Crippen LogP contribution in [0.15, 0.2) is 17.8 Å². The van der Waals surface area contributed by atoms with Gasteiger partial charge in [-0.2, -0.15) is 5.26 Å². The first-order valence-electron chi connectivity index (χ1n) is 6.17. The first-order chi connectivity index (χ1) is 10.9. The molecule has 122 valence electrons. The van der Waals surface area contributed by atoms with Crippen LogP contribution in [0.4, 0.5) is 5.69 Å². The van der Waals surface area contributed by atoms with E-state index in [4.69, 9.17) is 44.8 Å². The lowest BCUT2D eigenvalue weighted by Crippen LogP contribution is -2.09. The Balaban J connectivity index is 3.25. The van der Waals surface area contributed by atoms with Crippen LogP contribution < -0.4 is 5.32 Å². The van der Waals surface area contributed by atoms with Gasteiger partial charge in [0.2, 0.25) is 0 Å². The van der Waals surface area contributed by atoms with Crippen molar-refractivity contribution >= 4 is 52.4 Å². The number of benzene rings is 1. The lowest BCUT2D eigenvalue weighted by Gasteiger charge is -2.12. The van der Waals surface area contributed by atoms with Crippen molar-refractivity contribution in [1.29, 1.82) is 5.26 Å². The van der Waals surface area contributed by atoms with Gasteiger partial charge < -0.3 is 14.8 Å². The van der Waals surface area contributed by atoms with Gasteiger partial charge in [-0.1, -0.05) is 34.8 Å². The van der Waals surface area contributed by atoms with E-state index in [2.05, 4.69) is 10.1 Å². The topological polar surface area (TPSA) is 88.4 Å². The zero-order chi connectivity index (χ0) is 17.6. The number of hydrogen-bond acceptors (Lipinski definition) is 6. The van der Waals surface area contributed by atoms with E-state index < -0.39 is 11.9 Å². The molecule has 1 aromatic rings. The molecule has 1 rings (SSSR count). The number of nitrogens with zero attached hydrogens (tertiary/aromatic N) is 1. The van der Waals surface area contributed by atoms with Crippen LogP contribution in [0.3, 0.4) is 0 Å². The SMILES string of the molecule is CCOC(=O)C(C#N)=CNc1cc(Cl)c(Cl)c(C(=O)OC)c1Cl. The summed E-state index contributed by atoms with van der Waals surface area (Å²) in [7, 11) is 1.16. The molecule has 0 aliphatic heterocycles. The van der Waals surface area contributed by atoms with Crippen molar-refractivity contribution in [2.75, 3.05) is 19.0 Å². The van der Waals surface area contributed by atoms with E-state index >= 15 is 0 Å². The predicted molar refractivity (Wildman–Crippen MR) is 86.8 cm³/mol. The maximum Gasteiger partial charge on any atom is 0.350 e. The Hall–Kier alpha value is -1.94. The molecule has 0 aliphatic carbocycles. The fraction of sp³-hybridized carbons (Fsp3) is 0.214. The van der Waals surface area contributed by atoms with E-state index in [0.29, 0.717) is 0 Å². The molecule has 0 bridgehead atoms. The van der Waals surface area contributed by atoms with Gasteiger partial charge in [0.05, 0.1) is 34.5 Å². The number of methoxy groups -OCH3 is 1. The molecule has 9 heteroatoms. The quantitative estimate of drug-likeness (QED) is 0.363. The van der Waals surface area contributed by atoms with Crippen LogP contribution in [0.5, 0.6) is 0 Å². The minimum atomic E-state index is -0.799. The second kappa shape index (κ2) is 8.63. The lowest BCUT2D eigenvalue weighted by atomic mass is 10.2. The molecule has 0 aromatic heterocycles. The van der Waals surface area contributed by atoms with Crippen LogP contribution in [0.25, 0.3) is 0 Å². The predicted octanol–water partition coefficient (Wildman–Crippen LogP) is 3.82. The van der Waals surface area contributed by atoms with Gasteiger partial charge in [0.15, 0.2) is 5.57 Å². The monoisotopic (exact) mass is 376 g/mol. The molecule has 0 fully saturated rings. The van der Waals surface area contributed by atoms with Crippen LogP contribution in [-0.2, 0) is 14.3 Å². The Bertz CT molecular complexity index is 711. The summed E-state index contributed by atoms with van der Waals surface area (Å²) in [5, 5.41) is 11.5. The van der Waals surface area contributed by atoms with E-state index in [1.165, 1.54) is 6.07 Å². The summed E-state index contributed by atoms with van der Waals surface area (Å²) in [5.41, 5.74) is -0.249. The highest BCUT2D eigenvalue weighted by molar-refractivity contribution is 6.47. The molecule has 0 amide bonds. The molecule has 1 N–H and O–H groups in total. The van der Waals surface area contributed by atoms with Crippen LogP contribution in [-0.4, -0.2) is 25.7 Å². The first-order valence-corrected chi connectivity index (χ1v) is 7.30. The van der Waals surface area contributed by atoms with Crippen molar-refractivity contribution in [3.05, 3.63) is 38.5 Å². The summed E-state index contributed by atoms with van der Waals surface area (Å²) in [6, 6.07) is 3.02. The number of nitrogens with one attached hydrogen (secondary N) is 1. The van der Waals surface area contributed by atoms with Gasteiger partial charge in [0, 0.05) is 6.20 Å². The average molecular weight is 378 g/mol. The summed E-state index contributed by atoms with van der Waals surface area (Å²) in [4.78, 5) is 23.2. The number of carbonyl (C=O) groups is 2. The standard InChI is InChI=1S/C14H11Cl3N2O4/c1-3-23-13(20)7(5-18)6-19-9-4-8(15)11(16)10(12(9)17)14(21)22-2/h4,6,19H,3H2,1-2H3. The van der Waals surface area contributed by atoms with Gasteiger partial charge in [-0.3, -0.25) is 0 Å². The van der Waals surface area contributed by atoms with E-state index in [9.17, 15) is 9.59 Å². The van der Waals surface area contributed by atoms with Gasteiger partial charge in [-0.05, 0) is 13.0 Å². The number of anilines is 1. The average Bonchev–Trinajstić information content (AvgIpc) is 2.52. The zero-order valence-corrected chi connectivity index (χ0v) is 14.3. The minimum Gasteiger partial charge on any atom is -0.465 e. The highest BCUT2D eigenvalue weighted by atomic mass is 35.5. The summed E-state index contributed by atoms with van der Waals surface area (Å²) >= 11 is 18.0. The molecule has 6 nitrogen and oxygen atoms in total. The Labute approximate surface area is 147 Å². The van der Waals surface area contributed by atoms with Gasteiger partial charge >= 0.3 is 11.9 Å². The molecule has 0 atom stereocenters. The van der Waals surface area contributed by atoms with Crippen molar-refractivity contribution in [2.24, 2.45) is 0 Å². The lowest BCUT2D eigenvalue weighted by molar-refractivity contribution is -0.138. The van der Waals surface area contributed by atoms with E-state index in [0.717, 1.165) is 13.3 Å². The molecule has 0 aliphatic rings. The Morgan fingerprint density at radius 2 is 2.00 bits per heavy atom. The molecule has 23 heavy (non-hydrogen) atoms. The van der Waals surface area contributed by atoms with Crippen molar-refractivity contribution in [1.82, 2.24) is 0 Å². The summed E-state index contributed by atoms with van der Waals surface area (Å²) in [5.74, 6) is -1.58. The van der Waals surface area contributed by atoms with Crippen LogP contribution in [0.2, 0.25) is 15.1 Å². The largest absolute Gasteiger partial charge is 0.465 e. The maximum atomic E-state index is 11.7. The molecule has 0 heterocycles. The maximum absolute atomic E-state index is 11.7. The normalized spacial score (nSPS) is 10.7. The first kappa shape index (κ1) is 19.1. The minimum absolute atomic E-state index is 0.0435. The second-order valence-corrected chi connectivity index (χ2v) is 5.10. The number of ether oxygens (including phenoxy) is 2. The van der Waals surface area contributed by atoms with Gasteiger partial charge in [0.1, 0.15) is 11.6 Å². The molecule has 0 saturated heterocycles. The van der Waals surface area contributed by atoms with Crippen LogP contribution >= 0.6 is 34.8 Å². The highest BCUT2D eigenvalue weighted by Gasteiger charge is 2.21. The van der Waals surface area contributed by atoms with Crippen molar-refractivity contribution in [2.45, 2.75) is 6.92 Å². The Kier molecular flexibility index (Phi) is 7.17. The van der Waals surface area contributed by atoms with E-state index in [1.54, 1.807) is 13.0 Å². The number of esters is 2. The fourth-order valence-corrected chi connectivity index (χ4v) is 2.24. The van der Waals surface area contributed by atoms with Crippen LogP contribution in [0, 0.1) is 11.3 Å². The number of rotatable bonds is 5. The third-order valence-electron chi connectivity index (χ3n) is 2.53. The smallest absolute Gasteiger partial charge is 0.350 e. The summed E-state index contributed by atoms with van der Waals surface area (Å²) in [6.45, 7) is 1.73. The Morgan fingerprint density at radius 1 is 1.35 bits per heavy atom. The third kappa shape index (κ3) is 4.52. The fourth-order valence-electron chi connectivity index (χ4n) is 1.49. The van der Waals surface area contributed by atoms with Crippen LogP contribution in [0.1, 0.15) is 17.3 Å². The Morgan fingerprint density at radius 3 is 2.52 bits per heavy atom. The zero-order valence-electron chi connectivity index (χ0n) is 12.1. The van der Waals surface area contributed by atoms with Gasteiger partial charge in [-0.25, -0.2) is 9.59 Å². The molecule has 0 spiro atoms. The number of halogens is 3. The highest BCUT2D eigenvalue weighted by Crippen LogP contribution is 2.37. The van der Waals surface area contributed by atoms with E-state index in [1.807, 2.05) is 0 Å². The van der Waals surface area contributed by atoms with Crippen molar-refractivity contribution in [3.8, 4) is 6.07 Å². The summed E-state index contributed by atoms with van der Waals surface area (Å²) < 4.78 is 9.30. The number of carbonyl (C=O) groups excluding carboxylic acids is 2. The molecular weight excluding hydrogens is 367 g/mol. The van der Waals surface area contributed by atoms with Crippen molar-refractivity contribution in [3.63, 3.8) is 0 Å². The molecule has 0 saturated carbocycles. The molecule has 1 aromatic carbocycles. The second-order valence-electron chi connectivity index (χ2n) is 3.94. The summed E-state index contributed by atoms with van der Waals surface area (Å²) in [6.07, 6.45) is 1.09. The third-order valence-corrected chi connectivity index (χ3v) is 3.71. The number of hydrogen-bond donors (Lipinski definition) is 1. The number of nitriles is 1. The van der Waals surface area contributed by atoms with Gasteiger partial charge in [-0.15, -0.1) is 0 Å².